The third kappa shape index (κ3) is 2.88. The van der Waals surface area contributed by atoms with Crippen LogP contribution in [-0.4, -0.2) is 30.5 Å². The van der Waals surface area contributed by atoms with E-state index in [2.05, 4.69) is 22.5 Å². The highest BCUT2D eigenvalue weighted by molar-refractivity contribution is 5.83. The van der Waals surface area contributed by atoms with Gasteiger partial charge >= 0.3 is 0 Å². The number of amides is 1. The van der Waals surface area contributed by atoms with Crippen LogP contribution in [0.5, 0.6) is 0 Å². The zero-order valence-electron chi connectivity index (χ0n) is 10.9. The van der Waals surface area contributed by atoms with Crippen LogP contribution < -0.4 is 10.6 Å². The Morgan fingerprint density at radius 1 is 1.56 bits per heavy atom. The molecule has 1 aromatic heterocycles. The molecular formula is C14H21N3O. The number of hydrogen-bond donors (Lipinski definition) is 2. The van der Waals surface area contributed by atoms with Crippen molar-refractivity contribution in [3.05, 3.63) is 30.1 Å². The molecule has 0 saturated carbocycles. The van der Waals surface area contributed by atoms with Gasteiger partial charge in [0.25, 0.3) is 0 Å². The molecule has 1 amide bonds. The van der Waals surface area contributed by atoms with Crippen LogP contribution in [0, 0.1) is 5.41 Å². The van der Waals surface area contributed by atoms with E-state index in [1.165, 1.54) is 0 Å². The fourth-order valence-corrected chi connectivity index (χ4v) is 2.44. The second-order valence-electron chi connectivity index (χ2n) is 4.89. The second-order valence-corrected chi connectivity index (χ2v) is 4.89. The van der Waals surface area contributed by atoms with Gasteiger partial charge in [0.2, 0.25) is 5.91 Å². The molecule has 1 saturated heterocycles. The highest BCUT2D eigenvalue weighted by Crippen LogP contribution is 2.29. The first-order valence-electron chi connectivity index (χ1n) is 6.66. The van der Waals surface area contributed by atoms with Gasteiger partial charge in [0.15, 0.2) is 0 Å². The van der Waals surface area contributed by atoms with Crippen molar-refractivity contribution in [1.29, 1.82) is 0 Å². The van der Waals surface area contributed by atoms with Crippen molar-refractivity contribution < 1.29 is 4.79 Å². The summed E-state index contributed by atoms with van der Waals surface area (Å²) in [4.78, 5) is 16.5. The normalized spacial score (nSPS) is 22.9. The van der Waals surface area contributed by atoms with Gasteiger partial charge in [0.1, 0.15) is 0 Å². The summed E-state index contributed by atoms with van der Waals surface area (Å²) in [7, 11) is 0. The summed E-state index contributed by atoms with van der Waals surface area (Å²) < 4.78 is 0. The van der Waals surface area contributed by atoms with E-state index in [0.717, 1.165) is 38.0 Å². The van der Waals surface area contributed by atoms with Crippen LogP contribution in [-0.2, 0) is 11.2 Å². The first kappa shape index (κ1) is 13.0. The van der Waals surface area contributed by atoms with E-state index in [-0.39, 0.29) is 11.3 Å². The summed E-state index contributed by atoms with van der Waals surface area (Å²) in [6, 6.07) is 5.86. The average Bonchev–Trinajstić information content (AvgIpc) is 2.90. The number of nitrogens with zero attached hydrogens (tertiary/aromatic N) is 1. The standard InChI is InChI=1S/C14H21N3O/c1-2-14(7-10-15-11-14)13(18)17-9-6-12-5-3-4-8-16-12/h3-5,8,15H,2,6-7,9-11H2,1H3,(H,17,18). The molecule has 0 radical (unpaired) electrons. The Kier molecular flexibility index (Phi) is 4.31. The number of pyridine rings is 1. The molecule has 18 heavy (non-hydrogen) atoms. The van der Waals surface area contributed by atoms with Crippen LogP contribution in [0.25, 0.3) is 0 Å². The summed E-state index contributed by atoms with van der Waals surface area (Å²) in [6.07, 6.45) is 4.42. The van der Waals surface area contributed by atoms with Crippen LogP contribution in [0.15, 0.2) is 24.4 Å². The quantitative estimate of drug-likeness (QED) is 0.820. The van der Waals surface area contributed by atoms with Gasteiger partial charge in [-0.15, -0.1) is 0 Å². The van der Waals surface area contributed by atoms with Crippen LogP contribution >= 0.6 is 0 Å². The molecule has 4 nitrogen and oxygen atoms in total. The molecular weight excluding hydrogens is 226 g/mol. The maximum atomic E-state index is 12.2. The van der Waals surface area contributed by atoms with Gasteiger partial charge < -0.3 is 10.6 Å². The lowest BCUT2D eigenvalue weighted by Crippen LogP contribution is -2.42. The molecule has 0 bridgehead atoms. The third-order valence-electron chi connectivity index (χ3n) is 3.80. The van der Waals surface area contributed by atoms with Gasteiger partial charge in [0, 0.05) is 31.4 Å². The Hall–Kier alpha value is -1.42. The summed E-state index contributed by atoms with van der Waals surface area (Å²) in [5, 5.41) is 6.33. The largest absolute Gasteiger partial charge is 0.355 e. The predicted molar refractivity (Wildman–Crippen MR) is 71.2 cm³/mol. The fourth-order valence-electron chi connectivity index (χ4n) is 2.44. The van der Waals surface area contributed by atoms with Crippen LogP contribution in [0.4, 0.5) is 0 Å². The monoisotopic (exact) mass is 247 g/mol. The maximum absolute atomic E-state index is 12.2. The van der Waals surface area contributed by atoms with Gasteiger partial charge in [0.05, 0.1) is 5.41 Å². The van der Waals surface area contributed by atoms with Crippen molar-refractivity contribution >= 4 is 5.91 Å². The minimum Gasteiger partial charge on any atom is -0.355 e. The zero-order valence-corrected chi connectivity index (χ0v) is 10.9. The van der Waals surface area contributed by atoms with Crippen molar-refractivity contribution in [1.82, 2.24) is 15.6 Å². The molecule has 1 unspecified atom stereocenters. The van der Waals surface area contributed by atoms with Gasteiger partial charge in [-0.05, 0) is 31.5 Å². The number of carbonyl (C=O) groups is 1. The van der Waals surface area contributed by atoms with Gasteiger partial charge in [-0.2, -0.15) is 0 Å². The summed E-state index contributed by atoms with van der Waals surface area (Å²) in [6.45, 7) is 4.50. The van der Waals surface area contributed by atoms with Crippen LogP contribution in [0.3, 0.4) is 0 Å². The van der Waals surface area contributed by atoms with Crippen LogP contribution in [0.1, 0.15) is 25.5 Å². The summed E-state index contributed by atoms with van der Waals surface area (Å²) in [5.41, 5.74) is 0.831. The fraction of sp³-hybridized carbons (Fsp3) is 0.571. The average molecular weight is 247 g/mol. The SMILES string of the molecule is CCC1(C(=O)NCCc2ccccn2)CCNC1. The molecule has 2 rings (SSSR count). The zero-order chi connectivity index (χ0) is 12.8. The van der Waals surface area contributed by atoms with Gasteiger partial charge in [-0.3, -0.25) is 9.78 Å². The molecule has 0 aromatic carbocycles. The summed E-state index contributed by atoms with van der Waals surface area (Å²) in [5.74, 6) is 0.186. The maximum Gasteiger partial charge on any atom is 0.227 e. The number of carbonyl (C=O) groups excluding carboxylic acids is 1. The topological polar surface area (TPSA) is 54.0 Å². The van der Waals surface area contributed by atoms with E-state index in [0.29, 0.717) is 6.54 Å². The van der Waals surface area contributed by atoms with Crippen molar-refractivity contribution in [3.8, 4) is 0 Å². The van der Waals surface area contributed by atoms with E-state index in [4.69, 9.17) is 0 Å². The molecule has 1 fully saturated rings. The highest BCUT2D eigenvalue weighted by Gasteiger charge is 2.38. The predicted octanol–water partition coefficient (Wildman–Crippen LogP) is 1.13. The van der Waals surface area contributed by atoms with Crippen molar-refractivity contribution in [2.75, 3.05) is 19.6 Å². The minimum absolute atomic E-state index is 0.186. The lowest BCUT2D eigenvalue weighted by atomic mass is 9.83. The first-order valence-corrected chi connectivity index (χ1v) is 6.66. The second kappa shape index (κ2) is 5.96. The molecule has 0 spiro atoms. The molecule has 1 aliphatic rings. The Labute approximate surface area is 108 Å². The lowest BCUT2D eigenvalue weighted by Gasteiger charge is -2.25. The Morgan fingerprint density at radius 3 is 3.06 bits per heavy atom. The Morgan fingerprint density at radius 2 is 2.44 bits per heavy atom. The number of nitrogens with one attached hydrogen (secondary N) is 2. The number of aromatic nitrogens is 1. The Balaban J connectivity index is 1.81. The lowest BCUT2D eigenvalue weighted by molar-refractivity contribution is -0.130. The van der Waals surface area contributed by atoms with Crippen molar-refractivity contribution in [2.24, 2.45) is 5.41 Å². The molecule has 2 N–H and O–H groups in total. The van der Waals surface area contributed by atoms with Gasteiger partial charge in [-0.25, -0.2) is 0 Å². The van der Waals surface area contributed by atoms with Crippen molar-refractivity contribution in [3.63, 3.8) is 0 Å². The van der Waals surface area contributed by atoms with E-state index < -0.39 is 0 Å². The molecule has 0 aliphatic carbocycles. The van der Waals surface area contributed by atoms with Gasteiger partial charge in [-0.1, -0.05) is 13.0 Å². The van der Waals surface area contributed by atoms with E-state index in [1.54, 1.807) is 6.20 Å². The minimum atomic E-state index is -0.190. The molecule has 1 aromatic rings. The smallest absolute Gasteiger partial charge is 0.227 e. The molecule has 2 heterocycles. The van der Waals surface area contributed by atoms with E-state index in [9.17, 15) is 4.79 Å². The molecule has 1 atom stereocenters. The highest BCUT2D eigenvalue weighted by atomic mass is 16.2. The van der Waals surface area contributed by atoms with E-state index >= 15 is 0 Å². The summed E-state index contributed by atoms with van der Waals surface area (Å²) >= 11 is 0. The van der Waals surface area contributed by atoms with Crippen LogP contribution in [0.2, 0.25) is 0 Å². The Bertz CT molecular complexity index is 385. The first-order chi connectivity index (χ1) is 8.77. The van der Waals surface area contributed by atoms with Crippen molar-refractivity contribution in [2.45, 2.75) is 26.2 Å². The number of hydrogen-bond acceptors (Lipinski definition) is 3. The third-order valence-corrected chi connectivity index (χ3v) is 3.80. The molecule has 98 valence electrons. The molecule has 4 heteroatoms. The molecule has 1 aliphatic heterocycles. The number of rotatable bonds is 5. The van der Waals surface area contributed by atoms with E-state index in [1.807, 2.05) is 18.2 Å².